The summed E-state index contributed by atoms with van der Waals surface area (Å²) in [7, 11) is -0.837. The molecule has 0 aliphatic heterocycles. The molecule has 0 heterocycles. The van der Waals surface area contributed by atoms with Gasteiger partial charge in [-0.3, -0.25) is 4.79 Å². The third-order valence-corrected chi connectivity index (χ3v) is 8.94. The Labute approximate surface area is 211 Å². The van der Waals surface area contributed by atoms with Gasteiger partial charge in [-0.25, -0.2) is 0 Å². The standard InChI is InChI=1S/C31H24ClO2P/c32-28-21-22(19-20-30(33)34)31(26-16-8-7-15-25(26)28)27-17-9-10-18-29(27)35(23-11-3-1-4-12-23)24-13-5-2-6-14-24/h1-18,21H,19-20H2,(H,33,34). The van der Waals surface area contributed by atoms with E-state index in [1.807, 2.05) is 36.4 Å². The van der Waals surface area contributed by atoms with Crippen LogP contribution in [-0.2, 0) is 11.2 Å². The lowest BCUT2D eigenvalue weighted by Crippen LogP contribution is -2.22. The van der Waals surface area contributed by atoms with Crippen LogP contribution in [0.5, 0.6) is 0 Å². The second-order valence-corrected chi connectivity index (χ2v) is 10.9. The van der Waals surface area contributed by atoms with Crippen LogP contribution < -0.4 is 15.9 Å². The number of hydrogen-bond acceptors (Lipinski definition) is 1. The highest BCUT2D eigenvalue weighted by atomic mass is 35.5. The molecule has 0 unspecified atom stereocenters. The van der Waals surface area contributed by atoms with Crippen LogP contribution in [0.1, 0.15) is 12.0 Å². The summed E-state index contributed by atoms with van der Waals surface area (Å²) in [5.74, 6) is -0.815. The zero-order chi connectivity index (χ0) is 24.2. The smallest absolute Gasteiger partial charge is 0.303 e. The van der Waals surface area contributed by atoms with Crippen LogP contribution in [0.2, 0.25) is 5.02 Å². The van der Waals surface area contributed by atoms with Crippen molar-refractivity contribution in [3.63, 3.8) is 0 Å². The first-order valence-corrected chi connectivity index (χ1v) is 13.3. The van der Waals surface area contributed by atoms with Crippen LogP contribution in [0, 0.1) is 0 Å². The monoisotopic (exact) mass is 494 g/mol. The lowest BCUT2D eigenvalue weighted by molar-refractivity contribution is -0.136. The third kappa shape index (κ3) is 4.86. The van der Waals surface area contributed by atoms with E-state index in [0.29, 0.717) is 11.4 Å². The second-order valence-electron chi connectivity index (χ2n) is 8.36. The fourth-order valence-corrected chi connectivity index (χ4v) is 7.36. The average molecular weight is 495 g/mol. The van der Waals surface area contributed by atoms with E-state index in [1.165, 1.54) is 15.9 Å². The summed E-state index contributed by atoms with van der Waals surface area (Å²) < 4.78 is 0. The van der Waals surface area contributed by atoms with E-state index in [9.17, 15) is 9.90 Å². The van der Waals surface area contributed by atoms with Gasteiger partial charge in [0.25, 0.3) is 0 Å². The Kier molecular flexibility index (Phi) is 6.95. The van der Waals surface area contributed by atoms with E-state index in [1.54, 1.807) is 0 Å². The van der Waals surface area contributed by atoms with Crippen LogP contribution in [-0.4, -0.2) is 11.1 Å². The summed E-state index contributed by atoms with van der Waals surface area (Å²) in [6.45, 7) is 0. The molecule has 2 nitrogen and oxygen atoms in total. The molecule has 0 aliphatic carbocycles. The number of halogens is 1. The Bertz CT molecular complexity index is 1440. The topological polar surface area (TPSA) is 37.3 Å². The van der Waals surface area contributed by atoms with Gasteiger partial charge in [-0.1, -0.05) is 121 Å². The van der Waals surface area contributed by atoms with Gasteiger partial charge in [0.2, 0.25) is 0 Å². The molecule has 4 heteroatoms. The Morgan fingerprint density at radius 3 is 1.89 bits per heavy atom. The van der Waals surface area contributed by atoms with Crippen LogP contribution >= 0.6 is 19.5 Å². The number of benzene rings is 5. The Morgan fingerprint density at radius 2 is 1.26 bits per heavy atom. The summed E-state index contributed by atoms with van der Waals surface area (Å²) in [5, 5.41) is 15.9. The number of hydrogen-bond donors (Lipinski definition) is 1. The van der Waals surface area contributed by atoms with Gasteiger partial charge in [-0.2, -0.15) is 0 Å². The van der Waals surface area contributed by atoms with Gasteiger partial charge in [0.15, 0.2) is 0 Å². The van der Waals surface area contributed by atoms with Crippen LogP contribution in [0.4, 0.5) is 0 Å². The highest BCUT2D eigenvalue weighted by Gasteiger charge is 2.23. The molecule has 0 radical (unpaired) electrons. The third-order valence-electron chi connectivity index (χ3n) is 6.13. The first-order chi connectivity index (χ1) is 17.1. The second kappa shape index (κ2) is 10.4. The van der Waals surface area contributed by atoms with Crippen molar-refractivity contribution < 1.29 is 9.90 Å². The first-order valence-electron chi connectivity index (χ1n) is 11.5. The van der Waals surface area contributed by atoms with E-state index >= 15 is 0 Å². The highest BCUT2D eigenvalue weighted by molar-refractivity contribution is 7.80. The highest BCUT2D eigenvalue weighted by Crippen LogP contribution is 2.42. The molecule has 5 rings (SSSR count). The number of carboxylic acids is 1. The van der Waals surface area contributed by atoms with E-state index < -0.39 is 13.9 Å². The van der Waals surface area contributed by atoms with Gasteiger partial charge in [-0.05, 0) is 58.4 Å². The van der Waals surface area contributed by atoms with Crippen molar-refractivity contribution in [1.29, 1.82) is 0 Å². The molecule has 0 amide bonds. The molecule has 0 aromatic heterocycles. The van der Waals surface area contributed by atoms with E-state index in [-0.39, 0.29) is 6.42 Å². The Balaban J connectivity index is 1.80. The van der Waals surface area contributed by atoms with Gasteiger partial charge in [0.1, 0.15) is 0 Å². The lowest BCUT2D eigenvalue weighted by atomic mass is 9.91. The maximum Gasteiger partial charge on any atom is 0.303 e. The molecule has 0 aliphatic rings. The van der Waals surface area contributed by atoms with E-state index in [2.05, 4.69) is 78.9 Å². The molecule has 0 spiro atoms. The SMILES string of the molecule is O=C(O)CCc1cc(Cl)c2ccccc2c1-c1ccccc1P(c1ccccc1)c1ccccc1. The fourth-order valence-electron chi connectivity index (χ4n) is 4.60. The summed E-state index contributed by atoms with van der Waals surface area (Å²) in [5.41, 5.74) is 3.15. The zero-order valence-electron chi connectivity index (χ0n) is 19.1. The van der Waals surface area contributed by atoms with Crippen molar-refractivity contribution in [3.8, 4) is 11.1 Å². The number of rotatable bonds is 7. The quantitative estimate of drug-likeness (QED) is 0.249. The molecular weight excluding hydrogens is 471 g/mol. The number of fused-ring (bicyclic) bond motifs is 1. The van der Waals surface area contributed by atoms with Gasteiger partial charge in [0.05, 0.1) is 0 Å². The van der Waals surface area contributed by atoms with Gasteiger partial charge >= 0.3 is 5.97 Å². The van der Waals surface area contributed by atoms with Gasteiger partial charge in [-0.15, -0.1) is 0 Å². The minimum Gasteiger partial charge on any atom is -0.481 e. The van der Waals surface area contributed by atoms with E-state index in [0.717, 1.165) is 27.5 Å². The van der Waals surface area contributed by atoms with Crippen molar-refractivity contribution in [2.45, 2.75) is 12.8 Å². The first kappa shape index (κ1) is 23.3. The summed E-state index contributed by atoms with van der Waals surface area (Å²) in [6.07, 6.45) is 0.466. The van der Waals surface area contributed by atoms with E-state index in [4.69, 9.17) is 11.6 Å². The van der Waals surface area contributed by atoms with Gasteiger partial charge < -0.3 is 5.11 Å². The molecule has 5 aromatic rings. The average Bonchev–Trinajstić information content (AvgIpc) is 2.90. The Morgan fingerprint density at radius 1 is 0.714 bits per heavy atom. The van der Waals surface area contributed by atoms with Crippen molar-refractivity contribution in [2.24, 2.45) is 0 Å². The molecular formula is C31H24ClO2P. The number of carbonyl (C=O) groups is 1. The predicted molar refractivity (Wildman–Crippen MR) is 149 cm³/mol. The molecule has 1 N–H and O–H groups in total. The molecule has 172 valence electrons. The summed E-state index contributed by atoms with van der Waals surface area (Å²) >= 11 is 6.69. The van der Waals surface area contributed by atoms with Crippen molar-refractivity contribution in [2.75, 3.05) is 0 Å². The molecule has 0 bridgehead atoms. The fraction of sp³-hybridized carbons (Fsp3) is 0.0645. The summed E-state index contributed by atoms with van der Waals surface area (Å²) in [4.78, 5) is 11.5. The normalized spacial score (nSPS) is 11.1. The van der Waals surface area contributed by atoms with Crippen LogP contribution in [0.3, 0.4) is 0 Å². The maximum atomic E-state index is 11.5. The zero-order valence-corrected chi connectivity index (χ0v) is 20.7. The number of aliphatic carboxylic acids is 1. The summed E-state index contributed by atoms with van der Waals surface area (Å²) in [6, 6.07) is 39.8. The van der Waals surface area contributed by atoms with Gasteiger partial charge in [0, 0.05) is 16.8 Å². The molecule has 35 heavy (non-hydrogen) atoms. The van der Waals surface area contributed by atoms with Crippen LogP contribution in [0.25, 0.3) is 21.9 Å². The lowest BCUT2D eigenvalue weighted by Gasteiger charge is -2.24. The molecule has 0 atom stereocenters. The van der Waals surface area contributed by atoms with Crippen molar-refractivity contribution >= 4 is 52.2 Å². The number of aryl methyl sites for hydroxylation is 1. The molecule has 0 saturated carbocycles. The van der Waals surface area contributed by atoms with Crippen molar-refractivity contribution in [1.82, 2.24) is 0 Å². The molecule has 5 aromatic carbocycles. The maximum absolute atomic E-state index is 11.5. The largest absolute Gasteiger partial charge is 0.481 e. The molecule has 0 saturated heterocycles. The minimum absolute atomic E-state index is 0.0516. The van der Waals surface area contributed by atoms with Crippen LogP contribution in [0.15, 0.2) is 115 Å². The Hall–Kier alpha value is -3.45. The van der Waals surface area contributed by atoms with Crippen molar-refractivity contribution in [3.05, 3.63) is 126 Å². The number of carboxylic acid groups (broad SMARTS) is 1. The minimum atomic E-state index is -0.837. The molecule has 0 fully saturated rings. The predicted octanol–water partition coefficient (Wildman–Crippen LogP) is 6.94.